The number of aliphatic hydroxyl groups is 1. The highest BCUT2D eigenvalue weighted by Crippen LogP contribution is 2.66. The van der Waals surface area contributed by atoms with E-state index < -0.39 is 0 Å². The van der Waals surface area contributed by atoms with Crippen LogP contribution in [-0.2, 0) is 0 Å². The molecular formula is C28H46O. The van der Waals surface area contributed by atoms with E-state index in [-0.39, 0.29) is 6.10 Å². The fourth-order valence-electron chi connectivity index (χ4n) is 8.10. The first-order valence-corrected chi connectivity index (χ1v) is 12.7. The van der Waals surface area contributed by atoms with Gasteiger partial charge in [0.25, 0.3) is 0 Å². The SMILES string of the molecule is CC(C)C(C)/C=C/C(C)C1CCC2C3=CCC4CC(O)CCC4(C)C3CCC21C. The number of fused-ring (bicyclic) bond motifs is 5. The van der Waals surface area contributed by atoms with Crippen molar-refractivity contribution in [3.63, 3.8) is 0 Å². The van der Waals surface area contributed by atoms with Crippen molar-refractivity contribution in [3.05, 3.63) is 23.8 Å². The summed E-state index contributed by atoms with van der Waals surface area (Å²) in [7, 11) is 0. The van der Waals surface area contributed by atoms with Crippen LogP contribution in [0.1, 0.15) is 92.9 Å². The van der Waals surface area contributed by atoms with E-state index in [1.807, 2.05) is 5.57 Å². The van der Waals surface area contributed by atoms with Crippen molar-refractivity contribution in [1.82, 2.24) is 0 Å². The van der Waals surface area contributed by atoms with Gasteiger partial charge >= 0.3 is 0 Å². The van der Waals surface area contributed by atoms with Crippen molar-refractivity contribution in [3.8, 4) is 0 Å². The molecule has 4 aliphatic carbocycles. The third-order valence-corrected chi connectivity index (χ3v) is 10.5. The van der Waals surface area contributed by atoms with E-state index in [1.165, 1.54) is 38.5 Å². The van der Waals surface area contributed by atoms with E-state index in [2.05, 4.69) is 59.8 Å². The number of allylic oxidation sites excluding steroid dienone is 4. The van der Waals surface area contributed by atoms with Gasteiger partial charge in [0.15, 0.2) is 0 Å². The third kappa shape index (κ3) is 3.58. The van der Waals surface area contributed by atoms with Gasteiger partial charge in [-0.3, -0.25) is 0 Å². The first kappa shape index (κ1) is 21.7. The van der Waals surface area contributed by atoms with Gasteiger partial charge in [-0.05, 0) is 104 Å². The highest BCUT2D eigenvalue weighted by molar-refractivity contribution is 5.28. The zero-order chi connectivity index (χ0) is 21.0. The molecule has 0 saturated heterocycles. The molecule has 1 heteroatoms. The van der Waals surface area contributed by atoms with Gasteiger partial charge in [0.05, 0.1) is 6.10 Å². The molecule has 0 aromatic carbocycles. The Balaban J connectivity index is 1.54. The van der Waals surface area contributed by atoms with Crippen LogP contribution >= 0.6 is 0 Å². The van der Waals surface area contributed by atoms with Crippen molar-refractivity contribution in [1.29, 1.82) is 0 Å². The maximum atomic E-state index is 10.2. The molecule has 0 spiro atoms. The van der Waals surface area contributed by atoms with Gasteiger partial charge < -0.3 is 5.11 Å². The smallest absolute Gasteiger partial charge is 0.0543 e. The summed E-state index contributed by atoms with van der Waals surface area (Å²) in [6, 6.07) is 0. The second-order valence-corrected chi connectivity index (χ2v) is 12.3. The summed E-state index contributed by atoms with van der Waals surface area (Å²) in [6.45, 7) is 14.7. The number of hydrogen-bond acceptors (Lipinski definition) is 1. The zero-order valence-corrected chi connectivity index (χ0v) is 20.0. The number of rotatable bonds is 4. The summed E-state index contributed by atoms with van der Waals surface area (Å²) in [6.07, 6.45) is 17.8. The quantitative estimate of drug-likeness (QED) is 0.489. The second-order valence-electron chi connectivity index (χ2n) is 12.3. The lowest BCUT2D eigenvalue weighted by atomic mass is 9.47. The molecule has 4 rings (SSSR count). The van der Waals surface area contributed by atoms with E-state index in [0.29, 0.717) is 28.6 Å². The lowest BCUT2D eigenvalue weighted by molar-refractivity contribution is -0.0414. The van der Waals surface area contributed by atoms with Crippen molar-refractivity contribution < 1.29 is 5.11 Å². The fraction of sp³-hybridized carbons (Fsp3) is 0.857. The monoisotopic (exact) mass is 398 g/mol. The molecule has 0 aromatic heterocycles. The zero-order valence-electron chi connectivity index (χ0n) is 20.0. The summed E-state index contributed by atoms with van der Waals surface area (Å²) in [5.41, 5.74) is 2.79. The molecule has 164 valence electrons. The predicted molar refractivity (Wildman–Crippen MR) is 124 cm³/mol. The summed E-state index contributed by atoms with van der Waals surface area (Å²) >= 11 is 0. The lowest BCUT2D eigenvalue weighted by Crippen LogP contribution is -2.49. The molecule has 9 unspecified atom stereocenters. The molecule has 0 bridgehead atoms. The minimum absolute atomic E-state index is 0.0476. The molecule has 1 nitrogen and oxygen atoms in total. The number of hydrogen-bond donors (Lipinski definition) is 1. The normalized spacial score (nSPS) is 46.8. The van der Waals surface area contributed by atoms with Gasteiger partial charge in [0.1, 0.15) is 0 Å². The molecule has 0 aromatic rings. The van der Waals surface area contributed by atoms with Crippen LogP contribution in [0.25, 0.3) is 0 Å². The summed E-state index contributed by atoms with van der Waals surface area (Å²) in [5.74, 6) is 5.25. The molecule has 0 aliphatic heterocycles. The Morgan fingerprint density at radius 2 is 1.62 bits per heavy atom. The highest BCUT2D eigenvalue weighted by Gasteiger charge is 2.57. The van der Waals surface area contributed by atoms with Crippen molar-refractivity contribution in [2.75, 3.05) is 0 Å². The van der Waals surface area contributed by atoms with Crippen molar-refractivity contribution in [2.24, 2.45) is 52.3 Å². The Kier molecular flexibility index (Phi) is 5.86. The minimum Gasteiger partial charge on any atom is -0.393 e. The molecule has 3 saturated carbocycles. The first-order chi connectivity index (χ1) is 13.7. The summed E-state index contributed by atoms with van der Waals surface area (Å²) < 4.78 is 0. The minimum atomic E-state index is -0.0476. The van der Waals surface area contributed by atoms with Gasteiger partial charge in [-0.25, -0.2) is 0 Å². The Hall–Kier alpha value is -0.560. The summed E-state index contributed by atoms with van der Waals surface area (Å²) in [5, 5.41) is 10.2. The topological polar surface area (TPSA) is 20.2 Å². The lowest BCUT2D eigenvalue weighted by Gasteiger charge is -2.57. The molecule has 29 heavy (non-hydrogen) atoms. The maximum Gasteiger partial charge on any atom is 0.0543 e. The number of aliphatic hydroxyl groups excluding tert-OH is 1. The second kappa shape index (κ2) is 7.85. The van der Waals surface area contributed by atoms with Crippen LogP contribution in [0.3, 0.4) is 0 Å². The van der Waals surface area contributed by atoms with Crippen LogP contribution in [0.5, 0.6) is 0 Å². The molecule has 9 atom stereocenters. The van der Waals surface area contributed by atoms with Gasteiger partial charge in [-0.2, -0.15) is 0 Å². The molecular weight excluding hydrogens is 352 g/mol. The van der Waals surface area contributed by atoms with Crippen molar-refractivity contribution >= 4 is 0 Å². The van der Waals surface area contributed by atoms with E-state index in [0.717, 1.165) is 36.5 Å². The van der Waals surface area contributed by atoms with Crippen LogP contribution in [0.2, 0.25) is 0 Å². The average molecular weight is 399 g/mol. The van der Waals surface area contributed by atoms with Crippen LogP contribution in [0, 0.1) is 52.3 Å². The van der Waals surface area contributed by atoms with E-state index in [1.54, 1.807) is 0 Å². The third-order valence-electron chi connectivity index (χ3n) is 10.5. The Labute approximate surface area is 180 Å². The Morgan fingerprint density at radius 1 is 0.931 bits per heavy atom. The van der Waals surface area contributed by atoms with Gasteiger partial charge in [-0.1, -0.05) is 65.3 Å². The standard InChI is InChI=1S/C28H46O/c1-18(2)19(3)7-8-20(4)24-11-12-25-23-10-9-21-17-22(29)13-15-27(21,5)26(23)14-16-28(24,25)6/h7-8,10,18-22,24-26,29H,9,11-17H2,1-6H3/b8-7+. The van der Waals surface area contributed by atoms with Gasteiger partial charge in [-0.15, -0.1) is 0 Å². The van der Waals surface area contributed by atoms with E-state index in [4.69, 9.17) is 0 Å². The highest BCUT2D eigenvalue weighted by atomic mass is 16.3. The largest absolute Gasteiger partial charge is 0.393 e. The van der Waals surface area contributed by atoms with Crippen molar-refractivity contribution in [2.45, 2.75) is 99.0 Å². The molecule has 4 aliphatic rings. The van der Waals surface area contributed by atoms with Crippen LogP contribution in [0.4, 0.5) is 0 Å². The van der Waals surface area contributed by atoms with Gasteiger partial charge in [0.2, 0.25) is 0 Å². The van der Waals surface area contributed by atoms with Gasteiger partial charge in [0, 0.05) is 0 Å². The Morgan fingerprint density at radius 3 is 2.34 bits per heavy atom. The molecule has 3 fully saturated rings. The fourth-order valence-corrected chi connectivity index (χ4v) is 8.10. The first-order valence-electron chi connectivity index (χ1n) is 12.7. The van der Waals surface area contributed by atoms with Crippen LogP contribution in [-0.4, -0.2) is 11.2 Å². The Bertz CT molecular complexity index is 659. The molecule has 1 N–H and O–H groups in total. The predicted octanol–water partition coefficient (Wildman–Crippen LogP) is 7.41. The van der Waals surface area contributed by atoms with Crippen LogP contribution < -0.4 is 0 Å². The average Bonchev–Trinajstić information content (AvgIpc) is 3.03. The van der Waals surface area contributed by atoms with E-state index in [9.17, 15) is 5.11 Å². The summed E-state index contributed by atoms with van der Waals surface area (Å²) in [4.78, 5) is 0. The molecule has 0 radical (unpaired) electrons. The maximum absolute atomic E-state index is 10.2. The molecule has 0 heterocycles. The molecule has 0 amide bonds. The van der Waals surface area contributed by atoms with Crippen LogP contribution in [0.15, 0.2) is 23.8 Å². The van der Waals surface area contributed by atoms with E-state index >= 15 is 0 Å².